The van der Waals surface area contributed by atoms with Gasteiger partial charge in [0.15, 0.2) is 11.5 Å². The summed E-state index contributed by atoms with van der Waals surface area (Å²) < 4.78 is 0. The van der Waals surface area contributed by atoms with Crippen molar-refractivity contribution < 1.29 is 4.79 Å². The van der Waals surface area contributed by atoms with Crippen LogP contribution < -0.4 is 4.90 Å². The van der Waals surface area contributed by atoms with Gasteiger partial charge in [-0.1, -0.05) is 6.08 Å². The number of carbonyl (C=O) groups excluding carboxylic acids is 1. The van der Waals surface area contributed by atoms with Crippen LogP contribution in [0.3, 0.4) is 0 Å². The van der Waals surface area contributed by atoms with Gasteiger partial charge in [0.05, 0.1) is 6.33 Å². The normalized spacial score (nSPS) is 19.7. The van der Waals surface area contributed by atoms with Crippen molar-refractivity contribution in [2.75, 3.05) is 11.4 Å². The summed E-state index contributed by atoms with van der Waals surface area (Å²) in [6, 6.07) is 0. The van der Waals surface area contributed by atoms with Crippen LogP contribution in [-0.2, 0) is 4.79 Å². The monoisotopic (exact) mass is 263 g/mol. The molecule has 1 atom stereocenters. The lowest BCUT2D eigenvalue weighted by Gasteiger charge is -2.15. The maximum absolute atomic E-state index is 12.0. The van der Waals surface area contributed by atoms with E-state index in [0.717, 1.165) is 0 Å². The van der Waals surface area contributed by atoms with Crippen molar-refractivity contribution in [3.8, 4) is 0 Å². The van der Waals surface area contributed by atoms with E-state index in [1.165, 1.54) is 6.33 Å². The van der Waals surface area contributed by atoms with Crippen molar-refractivity contribution in [2.24, 2.45) is 5.92 Å². The van der Waals surface area contributed by atoms with E-state index in [0.29, 0.717) is 29.9 Å². The molecule has 0 radical (unpaired) electrons. The Morgan fingerprint density at radius 1 is 1.56 bits per heavy atom. The molecule has 0 spiro atoms. The van der Waals surface area contributed by atoms with E-state index in [4.69, 9.17) is 11.6 Å². The lowest BCUT2D eigenvalue weighted by molar-refractivity contribution is -0.117. The van der Waals surface area contributed by atoms with Gasteiger partial charge < -0.3 is 4.98 Å². The first-order valence-electron chi connectivity index (χ1n) is 5.48. The molecule has 1 amide bonds. The molecule has 18 heavy (non-hydrogen) atoms. The predicted octanol–water partition coefficient (Wildman–Crippen LogP) is 1.55. The van der Waals surface area contributed by atoms with Crippen LogP contribution >= 0.6 is 11.6 Å². The van der Waals surface area contributed by atoms with Crippen LogP contribution in [0.5, 0.6) is 0 Å². The fourth-order valence-corrected chi connectivity index (χ4v) is 2.25. The molecule has 3 rings (SSSR count). The third kappa shape index (κ3) is 1.65. The Morgan fingerprint density at radius 3 is 3.11 bits per heavy atom. The molecule has 2 aromatic rings. The number of fused-ring (bicyclic) bond motifs is 1. The highest BCUT2D eigenvalue weighted by Gasteiger charge is 2.31. The minimum Gasteiger partial charge on any atom is -0.340 e. The number of nitrogens with one attached hydrogen (secondary N) is 1. The second-order valence-electron chi connectivity index (χ2n) is 4.12. The summed E-state index contributed by atoms with van der Waals surface area (Å²) in [7, 11) is 0. The molecule has 1 unspecified atom stereocenters. The fourth-order valence-electron chi connectivity index (χ4n) is 2.09. The number of anilines is 1. The van der Waals surface area contributed by atoms with Crippen molar-refractivity contribution in [3.05, 3.63) is 24.3 Å². The summed E-state index contributed by atoms with van der Waals surface area (Å²) in [6.07, 6.45) is 3.73. The molecule has 2 aromatic heterocycles. The molecule has 92 valence electrons. The lowest BCUT2D eigenvalue weighted by Crippen LogP contribution is -2.26. The number of carbonyl (C=O) groups is 1. The quantitative estimate of drug-likeness (QED) is 0.659. The van der Waals surface area contributed by atoms with Crippen LogP contribution in [0.4, 0.5) is 5.82 Å². The Labute approximate surface area is 108 Å². The van der Waals surface area contributed by atoms with Gasteiger partial charge in [0.2, 0.25) is 11.2 Å². The number of halogens is 1. The maximum Gasteiger partial charge on any atom is 0.228 e. The van der Waals surface area contributed by atoms with Gasteiger partial charge >= 0.3 is 0 Å². The number of aromatic nitrogens is 4. The Morgan fingerprint density at radius 2 is 2.39 bits per heavy atom. The molecular weight excluding hydrogens is 254 g/mol. The second-order valence-corrected chi connectivity index (χ2v) is 4.46. The molecule has 1 N–H and O–H groups in total. The number of hydrogen-bond donors (Lipinski definition) is 1. The van der Waals surface area contributed by atoms with Gasteiger partial charge in [0, 0.05) is 18.9 Å². The minimum atomic E-state index is 0.00515. The summed E-state index contributed by atoms with van der Waals surface area (Å²) >= 11 is 5.84. The summed E-state index contributed by atoms with van der Waals surface area (Å²) in [5.74, 6) is 0.631. The zero-order valence-electron chi connectivity index (χ0n) is 9.43. The van der Waals surface area contributed by atoms with Gasteiger partial charge in [-0.25, -0.2) is 4.98 Å². The molecule has 6 nitrogen and oxygen atoms in total. The van der Waals surface area contributed by atoms with E-state index in [-0.39, 0.29) is 17.1 Å². The molecular formula is C11H10ClN5O. The third-order valence-electron chi connectivity index (χ3n) is 2.98. The average Bonchev–Trinajstić information content (AvgIpc) is 2.94. The van der Waals surface area contributed by atoms with Crippen molar-refractivity contribution in [1.29, 1.82) is 0 Å². The van der Waals surface area contributed by atoms with Crippen LogP contribution in [0.1, 0.15) is 6.42 Å². The second kappa shape index (κ2) is 4.06. The van der Waals surface area contributed by atoms with Gasteiger partial charge in [-0.2, -0.15) is 9.97 Å². The zero-order chi connectivity index (χ0) is 12.7. The number of H-pyrrole nitrogens is 1. The highest BCUT2D eigenvalue weighted by molar-refractivity contribution is 6.28. The Kier molecular flexibility index (Phi) is 2.52. The van der Waals surface area contributed by atoms with Gasteiger partial charge in [-0.15, -0.1) is 6.58 Å². The highest BCUT2D eigenvalue weighted by Crippen LogP contribution is 2.29. The molecule has 0 aromatic carbocycles. The average molecular weight is 264 g/mol. The van der Waals surface area contributed by atoms with Crippen LogP contribution in [-0.4, -0.2) is 32.4 Å². The summed E-state index contributed by atoms with van der Waals surface area (Å²) in [6.45, 7) is 4.28. The number of imidazole rings is 1. The van der Waals surface area contributed by atoms with Crippen molar-refractivity contribution >= 4 is 34.5 Å². The molecule has 0 aliphatic carbocycles. The highest BCUT2D eigenvalue weighted by atomic mass is 35.5. The Hall–Kier alpha value is -1.95. The van der Waals surface area contributed by atoms with Crippen molar-refractivity contribution in [2.45, 2.75) is 6.42 Å². The molecule has 1 fully saturated rings. The first-order chi connectivity index (χ1) is 8.69. The fraction of sp³-hybridized carbons (Fsp3) is 0.273. The number of hydrogen-bond acceptors (Lipinski definition) is 4. The predicted molar refractivity (Wildman–Crippen MR) is 67.4 cm³/mol. The molecule has 0 bridgehead atoms. The first-order valence-corrected chi connectivity index (χ1v) is 5.86. The van der Waals surface area contributed by atoms with E-state index in [9.17, 15) is 4.79 Å². The van der Waals surface area contributed by atoms with Gasteiger partial charge in [0.25, 0.3) is 0 Å². The van der Waals surface area contributed by atoms with Crippen molar-refractivity contribution in [1.82, 2.24) is 19.9 Å². The first kappa shape index (κ1) is 11.2. The summed E-state index contributed by atoms with van der Waals surface area (Å²) in [5.41, 5.74) is 1.08. The number of aromatic amines is 1. The standard InChI is InChI=1S/C11H10ClN5O/c1-2-6-3-7(18)17(4-6)10-8-9(14-5-13-8)15-11(12)16-10/h2,5-6H,1,3-4H2,(H,13,14,15,16). The van der Waals surface area contributed by atoms with E-state index in [1.807, 2.05) is 0 Å². The topological polar surface area (TPSA) is 74.8 Å². The number of rotatable bonds is 2. The third-order valence-corrected chi connectivity index (χ3v) is 3.15. The van der Waals surface area contributed by atoms with E-state index in [1.54, 1.807) is 11.0 Å². The summed E-state index contributed by atoms with van der Waals surface area (Å²) in [4.78, 5) is 28.6. The van der Waals surface area contributed by atoms with E-state index >= 15 is 0 Å². The van der Waals surface area contributed by atoms with Crippen LogP contribution in [0.25, 0.3) is 11.2 Å². The molecule has 1 aliphatic rings. The Bertz CT molecular complexity index is 637. The molecule has 7 heteroatoms. The number of nitrogens with zero attached hydrogens (tertiary/aromatic N) is 4. The molecule has 1 saturated heterocycles. The van der Waals surface area contributed by atoms with Gasteiger partial charge in [0.1, 0.15) is 5.52 Å². The largest absolute Gasteiger partial charge is 0.340 e. The smallest absolute Gasteiger partial charge is 0.228 e. The van der Waals surface area contributed by atoms with Gasteiger partial charge in [-0.3, -0.25) is 9.69 Å². The molecule has 1 aliphatic heterocycles. The minimum absolute atomic E-state index is 0.00515. The zero-order valence-corrected chi connectivity index (χ0v) is 10.2. The SMILES string of the molecule is C=CC1CC(=O)N(c2nc(Cl)nc3nc[nH]c23)C1. The lowest BCUT2D eigenvalue weighted by atomic mass is 10.1. The van der Waals surface area contributed by atoms with Crippen molar-refractivity contribution in [3.63, 3.8) is 0 Å². The van der Waals surface area contributed by atoms with Gasteiger partial charge in [-0.05, 0) is 11.6 Å². The van der Waals surface area contributed by atoms with Crippen LogP contribution in [0.2, 0.25) is 5.28 Å². The Balaban J connectivity index is 2.11. The van der Waals surface area contributed by atoms with Crippen LogP contribution in [0, 0.1) is 5.92 Å². The molecule has 0 saturated carbocycles. The number of amides is 1. The maximum atomic E-state index is 12.0. The van der Waals surface area contributed by atoms with Crippen LogP contribution in [0.15, 0.2) is 19.0 Å². The summed E-state index contributed by atoms with van der Waals surface area (Å²) in [5, 5.41) is 0.0828. The van der Waals surface area contributed by atoms with E-state index < -0.39 is 0 Å². The molecule has 3 heterocycles. The van der Waals surface area contributed by atoms with E-state index in [2.05, 4.69) is 26.5 Å².